The zero-order valence-corrected chi connectivity index (χ0v) is 11.2. The minimum Gasteiger partial charge on any atom is -0.305 e. The van der Waals surface area contributed by atoms with Crippen LogP contribution in [-0.2, 0) is 6.54 Å². The van der Waals surface area contributed by atoms with E-state index < -0.39 is 0 Å². The fourth-order valence-corrected chi connectivity index (χ4v) is 2.62. The van der Waals surface area contributed by atoms with Crippen molar-refractivity contribution < 1.29 is 0 Å². The maximum atomic E-state index is 4.28. The average Bonchev–Trinajstić information content (AvgIpc) is 2.74. The molecule has 0 saturated heterocycles. The molecule has 90 valence electrons. The van der Waals surface area contributed by atoms with Gasteiger partial charge in [0.05, 0.1) is 11.2 Å². The molecule has 0 aromatic carbocycles. The van der Waals surface area contributed by atoms with Crippen LogP contribution in [0.2, 0.25) is 0 Å². The van der Waals surface area contributed by atoms with E-state index in [1.807, 2.05) is 17.9 Å². The fraction of sp³-hybridized carbons (Fsp3) is 0.385. The minimum atomic E-state index is 0.343. The lowest BCUT2D eigenvalue weighted by Crippen LogP contribution is -2.18. The molecule has 0 fully saturated rings. The van der Waals surface area contributed by atoms with Gasteiger partial charge in [0.15, 0.2) is 0 Å². The first-order chi connectivity index (χ1) is 8.18. The summed E-state index contributed by atoms with van der Waals surface area (Å²) in [4.78, 5) is 9.70. The molecule has 2 aromatic heterocycles. The fourth-order valence-electron chi connectivity index (χ4n) is 1.78. The summed E-state index contributed by atoms with van der Waals surface area (Å²) in [6.07, 6.45) is 3.74. The second-order valence-corrected chi connectivity index (χ2v) is 5.09. The predicted molar refractivity (Wildman–Crippen MR) is 71.1 cm³/mol. The second kappa shape index (κ2) is 5.38. The molecule has 0 saturated carbocycles. The summed E-state index contributed by atoms with van der Waals surface area (Å²) in [6.45, 7) is 7.19. The van der Waals surface area contributed by atoms with Crippen LogP contribution in [0.3, 0.4) is 0 Å². The number of hydrogen-bond donors (Lipinski definition) is 1. The summed E-state index contributed by atoms with van der Waals surface area (Å²) >= 11 is 1.71. The second-order valence-electron chi connectivity index (χ2n) is 4.21. The Bertz CT molecular complexity index is 493. The highest BCUT2D eigenvalue weighted by Crippen LogP contribution is 2.21. The molecule has 0 bridgehead atoms. The minimum absolute atomic E-state index is 0.343. The summed E-state index contributed by atoms with van der Waals surface area (Å²) in [7, 11) is 0. The van der Waals surface area contributed by atoms with Crippen molar-refractivity contribution in [1.82, 2.24) is 15.3 Å². The smallest absolute Gasteiger partial charge is 0.0798 e. The van der Waals surface area contributed by atoms with Gasteiger partial charge >= 0.3 is 0 Å². The van der Waals surface area contributed by atoms with Gasteiger partial charge in [-0.3, -0.25) is 4.98 Å². The molecule has 1 unspecified atom stereocenters. The summed E-state index contributed by atoms with van der Waals surface area (Å²) in [5, 5.41) is 3.53. The number of aromatic nitrogens is 2. The molecule has 0 aliphatic rings. The molecule has 17 heavy (non-hydrogen) atoms. The van der Waals surface area contributed by atoms with E-state index in [1.54, 1.807) is 11.3 Å². The van der Waals surface area contributed by atoms with Crippen LogP contribution >= 0.6 is 11.3 Å². The Morgan fingerprint density at radius 1 is 1.41 bits per heavy atom. The molecule has 2 aromatic rings. The van der Waals surface area contributed by atoms with Gasteiger partial charge in [-0.25, -0.2) is 4.98 Å². The molecule has 2 heterocycles. The summed E-state index contributed by atoms with van der Waals surface area (Å²) < 4.78 is 0. The molecule has 0 amide bonds. The third kappa shape index (κ3) is 2.90. The van der Waals surface area contributed by atoms with E-state index in [2.05, 4.69) is 42.1 Å². The Balaban J connectivity index is 2.00. The van der Waals surface area contributed by atoms with E-state index in [-0.39, 0.29) is 0 Å². The van der Waals surface area contributed by atoms with Gasteiger partial charge in [0, 0.05) is 29.9 Å². The number of nitrogens with one attached hydrogen (secondary N) is 1. The Labute approximate surface area is 106 Å². The lowest BCUT2D eigenvalue weighted by molar-refractivity contribution is 0.578. The van der Waals surface area contributed by atoms with E-state index in [9.17, 15) is 0 Å². The van der Waals surface area contributed by atoms with E-state index in [4.69, 9.17) is 0 Å². The summed E-state index contributed by atoms with van der Waals surface area (Å²) in [6, 6.07) is 2.41. The monoisotopic (exact) mass is 247 g/mol. The van der Waals surface area contributed by atoms with Gasteiger partial charge in [-0.05, 0) is 38.0 Å². The molecule has 4 heteroatoms. The summed E-state index contributed by atoms with van der Waals surface area (Å²) in [5.74, 6) is 0. The van der Waals surface area contributed by atoms with Crippen molar-refractivity contribution in [2.75, 3.05) is 0 Å². The molecule has 1 N–H and O–H groups in total. The van der Waals surface area contributed by atoms with Crippen molar-refractivity contribution in [2.45, 2.75) is 33.4 Å². The molecule has 1 atom stereocenters. The number of rotatable bonds is 4. The van der Waals surface area contributed by atoms with Gasteiger partial charge in [-0.15, -0.1) is 11.3 Å². The first kappa shape index (κ1) is 12.2. The third-order valence-electron chi connectivity index (χ3n) is 2.91. The first-order valence-corrected chi connectivity index (χ1v) is 6.59. The van der Waals surface area contributed by atoms with E-state index in [1.165, 1.54) is 16.0 Å². The van der Waals surface area contributed by atoms with Crippen LogP contribution < -0.4 is 5.32 Å². The largest absolute Gasteiger partial charge is 0.305 e. The number of aryl methyl sites for hydroxylation is 2. The van der Waals surface area contributed by atoms with Crippen LogP contribution in [0.25, 0.3) is 0 Å². The highest BCUT2D eigenvalue weighted by atomic mass is 32.1. The maximum absolute atomic E-state index is 4.28. The van der Waals surface area contributed by atoms with Crippen molar-refractivity contribution >= 4 is 11.3 Å². The topological polar surface area (TPSA) is 37.8 Å². The van der Waals surface area contributed by atoms with Gasteiger partial charge in [0.25, 0.3) is 0 Å². The highest BCUT2D eigenvalue weighted by molar-refractivity contribution is 7.09. The normalized spacial score (nSPS) is 12.6. The first-order valence-electron chi connectivity index (χ1n) is 5.71. The zero-order valence-electron chi connectivity index (χ0n) is 10.4. The van der Waals surface area contributed by atoms with E-state index in [0.29, 0.717) is 6.04 Å². The Kier molecular flexibility index (Phi) is 3.86. The van der Waals surface area contributed by atoms with Crippen LogP contribution in [0.15, 0.2) is 24.0 Å². The van der Waals surface area contributed by atoms with Crippen LogP contribution in [0.4, 0.5) is 0 Å². The molecule has 0 spiro atoms. The molecule has 0 aliphatic carbocycles. The number of nitrogens with zero attached hydrogens (tertiary/aromatic N) is 2. The van der Waals surface area contributed by atoms with Gasteiger partial charge in [-0.1, -0.05) is 0 Å². The number of thiazole rings is 1. The molecule has 2 rings (SSSR count). The van der Waals surface area contributed by atoms with E-state index in [0.717, 1.165) is 12.2 Å². The van der Waals surface area contributed by atoms with Crippen LogP contribution in [0, 0.1) is 13.8 Å². The van der Waals surface area contributed by atoms with Gasteiger partial charge in [0.1, 0.15) is 0 Å². The van der Waals surface area contributed by atoms with Gasteiger partial charge < -0.3 is 5.32 Å². The zero-order chi connectivity index (χ0) is 12.3. The Morgan fingerprint density at radius 2 is 2.24 bits per heavy atom. The van der Waals surface area contributed by atoms with Crippen molar-refractivity contribution in [3.8, 4) is 0 Å². The van der Waals surface area contributed by atoms with Gasteiger partial charge in [0.2, 0.25) is 0 Å². The third-order valence-corrected chi connectivity index (χ3v) is 4.02. The molecule has 0 radical (unpaired) electrons. The quantitative estimate of drug-likeness (QED) is 0.902. The van der Waals surface area contributed by atoms with Crippen molar-refractivity contribution in [3.05, 3.63) is 45.7 Å². The Morgan fingerprint density at radius 3 is 2.88 bits per heavy atom. The van der Waals surface area contributed by atoms with Crippen LogP contribution in [0.1, 0.15) is 34.7 Å². The molecular formula is C13H17N3S. The lowest BCUT2D eigenvalue weighted by Gasteiger charge is -2.13. The molecular weight excluding hydrogens is 230 g/mol. The molecule has 3 nitrogen and oxygen atoms in total. The maximum Gasteiger partial charge on any atom is 0.0798 e. The lowest BCUT2D eigenvalue weighted by atomic mass is 10.1. The Hall–Kier alpha value is -1.26. The average molecular weight is 247 g/mol. The van der Waals surface area contributed by atoms with Gasteiger partial charge in [-0.2, -0.15) is 0 Å². The van der Waals surface area contributed by atoms with Crippen LogP contribution in [-0.4, -0.2) is 9.97 Å². The highest BCUT2D eigenvalue weighted by Gasteiger charge is 2.10. The van der Waals surface area contributed by atoms with E-state index >= 15 is 0 Å². The summed E-state index contributed by atoms with van der Waals surface area (Å²) in [5.41, 5.74) is 5.56. The van der Waals surface area contributed by atoms with Crippen LogP contribution in [0.5, 0.6) is 0 Å². The SMILES string of the molecule is Cc1cnccc1CNC(C)c1scnc1C. The van der Waals surface area contributed by atoms with Crippen molar-refractivity contribution in [2.24, 2.45) is 0 Å². The standard InChI is InChI=1S/C13H17N3S/c1-9-6-14-5-4-12(9)7-15-10(2)13-11(3)16-8-17-13/h4-6,8,10,15H,7H2,1-3H3. The predicted octanol–water partition coefficient (Wildman–Crippen LogP) is 3.01. The molecule has 0 aliphatic heterocycles. The van der Waals surface area contributed by atoms with Crippen molar-refractivity contribution in [1.29, 1.82) is 0 Å². The van der Waals surface area contributed by atoms with Crippen molar-refractivity contribution in [3.63, 3.8) is 0 Å². The number of pyridine rings is 1. The number of hydrogen-bond acceptors (Lipinski definition) is 4.